The number of hydrogen-bond donors (Lipinski definition) is 1. The molecule has 0 fully saturated rings. The first kappa shape index (κ1) is 11.4. The van der Waals surface area contributed by atoms with E-state index in [2.05, 4.69) is 4.52 Å². The van der Waals surface area contributed by atoms with Crippen molar-refractivity contribution < 1.29 is 14.0 Å². The second-order valence-electron chi connectivity index (χ2n) is 2.86. The maximum atomic E-state index is 10.3. The van der Waals surface area contributed by atoms with Crippen LogP contribution in [0.5, 0.6) is 0 Å². The van der Waals surface area contributed by atoms with Crippen molar-refractivity contribution >= 4 is 14.3 Å². The molecule has 0 radical (unpaired) electrons. The van der Waals surface area contributed by atoms with Crippen LogP contribution < -0.4 is 0 Å². The standard InChI is InChI=1S/C10H8NO3P/c1-8-2-4-9(5-3-8)6-10(7-11)14-15(12)13/h2-6H,1H3/p+1/b10-6+. The van der Waals surface area contributed by atoms with E-state index in [0.29, 0.717) is 0 Å². The summed E-state index contributed by atoms with van der Waals surface area (Å²) in [4.78, 5) is 8.47. The van der Waals surface area contributed by atoms with Crippen molar-refractivity contribution in [2.24, 2.45) is 0 Å². The summed E-state index contributed by atoms with van der Waals surface area (Å²) in [6.45, 7) is 1.94. The van der Waals surface area contributed by atoms with Gasteiger partial charge in [0.25, 0.3) is 5.76 Å². The number of nitriles is 1. The van der Waals surface area contributed by atoms with Crippen LogP contribution in [0.1, 0.15) is 11.1 Å². The molecule has 0 spiro atoms. The molecule has 5 heteroatoms. The second kappa shape index (κ2) is 5.26. The third kappa shape index (κ3) is 3.90. The molecule has 1 rings (SSSR count). The van der Waals surface area contributed by atoms with E-state index in [1.54, 1.807) is 18.2 Å². The number of aryl methyl sites for hydroxylation is 1. The quantitative estimate of drug-likeness (QED) is 0.484. The van der Waals surface area contributed by atoms with Gasteiger partial charge in [0.2, 0.25) is 0 Å². The molecule has 0 bridgehead atoms. The monoisotopic (exact) mass is 222 g/mol. The Hall–Kier alpha value is -1.69. The molecule has 4 nitrogen and oxygen atoms in total. The van der Waals surface area contributed by atoms with Gasteiger partial charge < -0.3 is 0 Å². The third-order valence-corrected chi connectivity index (χ3v) is 2.01. The fourth-order valence-electron chi connectivity index (χ4n) is 0.977. The molecule has 0 aliphatic rings. The summed E-state index contributed by atoms with van der Waals surface area (Å²) < 4.78 is 14.7. The molecule has 1 aromatic rings. The lowest BCUT2D eigenvalue weighted by Crippen LogP contribution is -1.81. The van der Waals surface area contributed by atoms with Crippen molar-refractivity contribution in [2.75, 3.05) is 0 Å². The van der Waals surface area contributed by atoms with Crippen LogP contribution in [-0.2, 0) is 9.09 Å². The second-order valence-corrected chi connectivity index (χ2v) is 3.52. The average molecular weight is 222 g/mol. The number of allylic oxidation sites excluding steroid dienone is 1. The van der Waals surface area contributed by atoms with Crippen LogP contribution in [-0.4, -0.2) is 4.89 Å². The lowest BCUT2D eigenvalue weighted by atomic mass is 10.1. The van der Waals surface area contributed by atoms with Gasteiger partial charge in [0.1, 0.15) is 6.07 Å². The number of hydrogen-bond acceptors (Lipinski definition) is 3. The summed E-state index contributed by atoms with van der Waals surface area (Å²) >= 11 is 0. The van der Waals surface area contributed by atoms with Gasteiger partial charge >= 0.3 is 8.25 Å². The first-order valence-electron chi connectivity index (χ1n) is 4.14. The number of rotatable bonds is 3. The summed E-state index contributed by atoms with van der Waals surface area (Å²) in [6, 6.07) is 9.03. The van der Waals surface area contributed by atoms with Crippen molar-refractivity contribution in [3.05, 3.63) is 41.2 Å². The molecule has 15 heavy (non-hydrogen) atoms. The lowest BCUT2D eigenvalue weighted by molar-refractivity contribution is 0.365. The molecule has 1 unspecified atom stereocenters. The van der Waals surface area contributed by atoms with E-state index in [1.165, 1.54) is 6.08 Å². The van der Waals surface area contributed by atoms with E-state index >= 15 is 0 Å². The van der Waals surface area contributed by atoms with E-state index in [-0.39, 0.29) is 5.76 Å². The van der Waals surface area contributed by atoms with E-state index in [0.717, 1.165) is 11.1 Å². The van der Waals surface area contributed by atoms with Gasteiger partial charge in [0.05, 0.1) is 0 Å². The SMILES string of the molecule is Cc1ccc(/C=C(\C#N)O[P+](=O)O)cc1. The van der Waals surface area contributed by atoms with Gasteiger partial charge in [0.15, 0.2) is 0 Å². The maximum Gasteiger partial charge on any atom is 0.748 e. The van der Waals surface area contributed by atoms with Crippen molar-refractivity contribution in [3.8, 4) is 6.07 Å². The Morgan fingerprint density at radius 3 is 2.60 bits per heavy atom. The maximum absolute atomic E-state index is 10.3. The van der Waals surface area contributed by atoms with Crippen molar-refractivity contribution in [3.63, 3.8) is 0 Å². The van der Waals surface area contributed by atoms with E-state index in [9.17, 15) is 4.57 Å². The van der Waals surface area contributed by atoms with Crippen molar-refractivity contribution in [1.29, 1.82) is 5.26 Å². The third-order valence-electron chi connectivity index (χ3n) is 1.66. The van der Waals surface area contributed by atoms with Gasteiger partial charge in [-0.3, -0.25) is 0 Å². The highest BCUT2D eigenvalue weighted by molar-refractivity contribution is 7.32. The highest BCUT2D eigenvalue weighted by Crippen LogP contribution is 2.21. The molecule has 0 aromatic heterocycles. The fraction of sp³-hybridized carbons (Fsp3) is 0.100. The van der Waals surface area contributed by atoms with Gasteiger partial charge in [-0.1, -0.05) is 29.8 Å². The molecular formula is C10H9NO3P+. The molecule has 0 heterocycles. The summed E-state index contributed by atoms with van der Waals surface area (Å²) in [5.74, 6) is -0.178. The zero-order chi connectivity index (χ0) is 11.3. The zero-order valence-electron chi connectivity index (χ0n) is 8.04. The lowest BCUT2D eigenvalue weighted by Gasteiger charge is -1.94. The average Bonchev–Trinajstić information content (AvgIpc) is 2.19. The van der Waals surface area contributed by atoms with Crippen LogP contribution >= 0.6 is 8.25 Å². The molecular weight excluding hydrogens is 213 g/mol. The van der Waals surface area contributed by atoms with Gasteiger partial charge in [-0.2, -0.15) is 5.26 Å². The Kier molecular flexibility index (Phi) is 3.99. The van der Waals surface area contributed by atoms with Gasteiger partial charge in [0, 0.05) is 10.6 Å². The number of nitrogens with zero attached hydrogens (tertiary/aromatic N) is 1. The fourth-order valence-corrected chi connectivity index (χ4v) is 1.24. The van der Waals surface area contributed by atoms with Crippen molar-refractivity contribution in [1.82, 2.24) is 0 Å². The molecule has 1 atom stereocenters. The van der Waals surface area contributed by atoms with Crippen LogP contribution in [0.3, 0.4) is 0 Å². The summed E-state index contributed by atoms with van der Waals surface area (Å²) in [5, 5.41) is 8.61. The van der Waals surface area contributed by atoms with E-state index < -0.39 is 8.25 Å². The Bertz CT molecular complexity index is 431. The minimum atomic E-state index is -2.79. The molecule has 0 aliphatic carbocycles. The Morgan fingerprint density at radius 2 is 2.13 bits per heavy atom. The predicted molar refractivity (Wildman–Crippen MR) is 55.7 cm³/mol. The van der Waals surface area contributed by atoms with Gasteiger partial charge in [-0.25, -0.2) is 4.52 Å². The summed E-state index contributed by atoms with van der Waals surface area (Å²) in [5.41, 5.74) is 1.84. The molecule has 1 N–H and O–H groups in total. The van der Waals surface area contributed by atoms with E-state index in [4.69, 9.17) is 10.2 Å². The Morgan fingerprint density at radius 1 is 1.53 bits per heavy atom. The smallest absolute Gasteiger partial charge is 0.218 e. The van der Waals surface area contributed by atoms with Crippen LogP contribution in [0, 0.1) is 18.3 Å². The molecule has 1 aromatic carbocycles. The van der Waals surface area contributed by atoms with Gasteiger partial charge in [-0.15, -0.1) is 4.89 Å². The summed E-state index contributed by atoms with van der Waals surface area (Å²) in [6.07, 6.45) is 1.41. The minimum Gasteiger partial charge on any atom is -0.218 e. The first-order valence-corrected chi connectivity index (χ1v) is 5.27. The zero-order valence-corrected chi connectivity index (χ0v) is 8.94. The van der Waals surface area contributed by atoms with E-state index in [1.807, 2.05) is 19.1 Å². The summed E-state index contributed by atoms with van der Waals surface area (Å²) in [7, 11) is -2.79. The predicted octanol–water partition coefficient (Wildman–Crippen LogP) is 2.53. The molecule has 0 saturated carbocycles. The first-order chi connectivity index (χ1) is 7.11. The van der Waals surface area contributed by atoms with Crippen LogP contribution in [0.2, 0.25) is 0 Å². The minimum absolute atomic E-state index is 0.178. The Balaban J connectivity index is 2.89. The topological polar surface area (TPSA) is 70.3 Å². The molecule has 0 amide bonds. The Labute approximate surface area is 88.4 Å². The molecule has 76 valence electrons. The highest BCUT2D eigenvalue weighted by Gasteiger charge is 2.16. The van der Waals surface area contributed by atoms with Gasteiger partial charge in [-0.05, 0) is 12.5 Å². The largest absolute Gasteiger partial charge is 0.748 e. The highest BCUT2D eigenvalue weighted by atomic mass is 31.1. The van der Waals surface area contributed by atoms with Crippen molar-refractivity contribution in [2.45, 2.75) is 6.92 Å². The number of benzene rings is 1. The molecule has 0 aliphatic heterocycles. The van der Waals surface area contributed by atoms with Crippen LogP contribution in [0.25, 0.3) is 6.08 Å². The van der Waals surface area contributed by atoms with Crippen LogP contribution in [0.4, 0.5) is 0 Å². The normalized spacial score (nSPS) is 11.8. The molecule has 0 saturated heterocycles. The van der Waals surface area contributed by atoms with Crippen LogP contribution in [0.15, 0.2) is 30.0 Å².